The van der Waals surface area contributed by atoms with Crippen molar-refractivity contribution in [3.05, 3.63) is 157 Å². The zero-order valence-electron chi connectivity index (χ0n) is 20.8. The van der Waals surface area contributed by atoms with Crippen LogP contribution in [-0.4, -0.2) is 16.2 Å². The molecule has 0 aliphatic rings. The van der Waals surface area contributed by atoms with E-state index >= 15 is 0 Å². The Morgan fingerprint density at radius 1 is 0.526 bits per heavy atom. The molecule has 38 heavy (non-hydrogen) atoms. The van der Waals surface area contributed by atoms with Gasteiger partial charge in [-0.2, -0.15) is 0 Å². The minimum Gasteiger partial charge on any atom is -0.383 e. The summed E-state index contributed by atoms with van der Waals surface area (Å²) >= 11 is 0. The maximum absolute atomic E-state index is 6.53. The van der Waals surface area contributed by atoms with Gasteiger partial charge in [0.2, 0.25) is 0 Å². The van der Waals surface area contributed by atoms with Crippen LogP contribution in [0, 0.1) is 0 Å². The molecule has 0 atom stereocenters. The van der Waals surface area contributed by atoms with Crippen LogP contribution in [0.2, 0.25) is 0 Å². The number of aliphatic imine (C=N–C) groups is 2. The minimum absolute atomic E-state index is 0.391. The Morgan fingerprint density at radius 3 is 1.61 bits per heavy atom. The molecule has 0 aliphatic heterocycles. The highest BCUT2D eigenvalue weighted by Gasteiger charge is 2.12. The predicted molar refractivity (Wildman–Crippen MR) is 160 cm³/mol. The van der Waals surface area contributed by atoms with Gasteiger partial charge in [-0.15, -0.1) is 0 Å². The summed E-state index contributed by atoms with van der Waals surface area (Å²) in [5.41, 5.74) is 13.2. The number of amidine groups is 2. The van der Waals surface area contributed by atoms with Crippen molar-refractivity contribution in [2.75, 3.05) is 0 Å². The van der Waals surface area contributed by atoms with Crippen molar-refractivity contribution in [3.8, 4) is 5.69 Å². The summed E-state index contributed by atoms with van der Waals surface area (Å²) in [5, 5.41) is 2.46. The number of fused-ring (bicyclic) bond motifs is 3. The van der Waals surface area contributed by atoms with E-state index in [0.29, 0.717) is 17.4 Å². The number of nitrogens with zero attached hydrogens (tertiary/aromatic N) is 3. The Bertz CT molecular complexity index is 1760. The lowest BCUT2D eigenvalue weighted by Crippen LogP contribution is -2.16. The van der Waals surface area contributed by atoms with Crippen molar-refractivity contribution in [2.24, 2.45) is 15.7 Å². The van der Waals surface area contributed by atoms with Gasteiger partial charge >= 0.3 is 0 Å². The second-order valence-corrected chi connectivity index (χ2v) is 9.03. The zero-order valence-corrected chi connectivity index (χ0v) is 20.8. The Morgan fingerprint density at radius 2 is 1.03 bits per heavy atom. The van der Waals surface area contributed by atoms with E-state index in [2.05, 4.69) is 71.8 Å². The summed E-state index contributed by atoms with van der Waals surface area (Å²) in [4.78, 5) is 9.51. The Balaban J connectivity index is 1.39. The highest BCUT2D eigenvalue weighted by atomic mass is 15.0. The third-order valence-corrected chi connectivity index (χ3v) is 6.61. The highest BCUT2D eigenvalue weighted by Crippen LogP contribution is 2.31. The lowest BCUT2D eigenvalue weighted by molar-refractivity contribution is 1.18. The van der Waals surface area contributed by atoms with E-state index in [-0.39, 0.29) is 0 Å². The Labute approximate surface area is 221 Å². The maximum Gasteiger partial charge on any atom is 0.162 e. The topological polar surface area (TPSA) is 55.7 Å². The summed E-state index contributed by atoms with van der Waals surface area (Å²) in [6.45, 7) is 4.16. The van der Waals surface area contributed by atoms with Crippen molar-refractivity contribution >= 4 is 39.2 Å². The quantitative estimate of drug-likeness (QED) is 0.196. The molecule has 0 saturated carbocycles. The molecule has 0 spiro atoms. The van der Waals surface area contributed by atoms with E-state index < -0.39 is 0 Å². The molecule has 0 radical (unpaired) electrons. The van der Waals surface area contributed by atoms with Crippen LogP contribution in [0.5, 0.6) is 0 Å². The number of hydrogen-bond acceptors (Lipinski definition) is 1. The minimum atomic E-state index is 0.391. The lowest BCUT2D eigenvalue weighted by Gasteiger charge is -2.10. The molecule has 0 fully saturated rings. The first-order chi connectivity index (χ1) is 18.7. The van der Waals surface area contributed by atoms with Gasteiger partial charge in [-0.05, 0) is 42.0 Å². The fourth-order valence-electron chi connectivity index (χ4n) is 4.72. The van der Waals surface area contributed by atoms with E-state index in [0.717, 1.165) is 22.4 Å². The van der Waals surface area contributed by atoms with Gasteiger partial charge in [0.25, 0.3) is 0 Å². The second kappa shape index (κ2) is 10.0. The number of hydrogen-bond donors (Lipinski definition) is 1. The molecule has 0 amide bonds. The molecule has 2 N–H and O–H groups in total. The normalized spacial score (nSPS) is 12.2. The van der Waals surface area contributed by atoms with Crippen LogP contribution >= 0.6 is 0 Å². The summed E-state index contributed by atoms with van der Waals surface area (Å²) in [5.74, 6) is 0.908. The van der Waals surface area contributed by atoms with Crippen LogP contribution in [0.25, 0.3) is 33.2 Å². The smallest absolute Gasteiger partial charge is 0.162 e. The van der Waals surface area contributed by atoms with Crippen molar-refractivity contribution in [3.63, 3.8) is 0 Å². The molecule has 5 aromatic carbocycles. The second-order valence-electron chi connectivity index (χ2n) is 9.03. The van der Waals surface area contributed by atoms with E-state index in [1.165, 1.54) is 21.8 Å². The molecule has 0 saturated heterocycles. The van der Waals surface area contributed by atoms with Gasteiger partial charge in [0, 0.05) is 27.6 Å². The summed E-state index contributed by atoms with van der Waals surface area (Å²) < 4.78 is 2.28. The van der Waals surface area contributed by atoms with Crippen molar-refractivity contribution in [2.45, 2.75) is 0 Å². The zero-order chi connectivity index (χ0) is 25.9. The van der Waals surface area contributed by atoms with Gasteiger partial charge in [-0.25, -0.2) is 9.98 Å². The summed E-state index contributed by atoms with van der Waals surface area (Å²) in [6.07, 6.45) is 0. The molecule has 4 heteroatoms. The number of aromatic nitrogens is 1. The van der Waals surface area contributed by atoms with Crippen LogP contribution in [0.4, 0.5) is 0 Å². The molecule has 182 valence electrons. The molecule has 6 aromatic rings. The average molecular weight is 491 g/mol. The average Bonchev–Trinajstić information content (AvgIpc) is 3.32. The van der Waals surface area contributed by atoms with E-state index in [1.54, 1.807) is 0 Å². The van der Waals surface area contributed by atoms with Crippen molar-refractivity contribution < 1.29 is 0 Å². The van der Waals surface area contributed by atoms with Gasteiger partial charge in [-0.3, -0.25) is 0 Å². The van der Waals surface area contributed by atoms with E-state index in [4.69, 9.17) is 15.7 Å². The number of benzene rings is 5. The Hall–Kier alpha value is -5.22. The highest BCUT2D eigenvalue weighted by molar-refractivity contribution is 6.12. The van der Waals surface area contributed by atoms with E-state index in [9.17, 15) is 0 Å². The Kier molecular flexibility index (Phi) is 6.12. The standard InChI is InChI=1S/C34H26N4/c1-24(25-12-4-2-5-13-25)36-34(27-14-6-3-7-15-27)37-33(35)26-20-22-28(23-21-26)38-31-18-10-8-16-29(31)30-17-9-11-19-32(30)38/h2-23H,1H2,(H2,35,36,37). The largest absolute Gasteiger partial charge is 0.383 e. The number of rotatable bonds is 5. The van der Waals surface area contributed by atoms with Crippen molar-refractivity contribution in [1.29, 1.82) is 0 Å². The number of nitrogens with two attached hydrogens (primary N) is 1. The molecule has 0 bridgehead atoms. The molecular formula is C34H26N4. The molecular weight excluding hydrogens is 464 g/mol. The third-order valence-electron chi connectivity index (χ3n) is 6.61. The van der Waals surface area contributed by atoms with Crippen molar-refractivity contribution in [1.82, 2.24) is 4.57 Å². The van der Waals surface area contributed by atoms with Crippen LogP contribution in [-0.2, 0) is 0 Å². The fourth-order valence-corrected chi connectivity index (χ4v) is 4.72. The SMILES string of the molecule is C=C(N=C(N=C(N)c1ccc(-n2c3ccccc3c3ccccc32)cc1)c1ccccc1)c1ccccc1. The first-order valence-electron chi connectivity index (χ1n) is 12.5. The fraction of sp³-hybridized carbons (Fsp3) is 0. The van der Waals surface area contributed by atoms with Gasteiger partial charge < -0.3 is 10.3 Å². The van der Waals surface area contributed by atoms with Gasteiger partial charge in [0.15, 0.2) is 5.84 Å². The first-order valence-corrected chi connectivity index (χ1v) is 12.5. The van der Waals surface area contributed by atoms with Gasteiger partial charge in [0.1, 0.15) is 5.84 Å². The van der Waals surface area contributed by atoms with Crippen LogP contribution in [0.1, 0.15) is 16.7 Å². The molecule has 4 nitrogen and oxygen atoms in total. The molecule has 0 unspecified atom stereocenters. The molecule has 6 rings (SSSR count). The van der Waals surface area contributed by atoms with Crippen LogP contribution in [0.3, 0.4) is 0 Å². The molecule has 1 heterocycles. The van der Waals surface area contributed by atoms with E-state index in [1.807, 2.05) is 72.8 Å². The third kappa shape index (κ3) is 4.40. The van der Waals surface area contributed by atoms with Crippen LogP contribution in [0.15, 0.2) is 150 Å². The van der Waals surface area contributed by atoms with Gasteiger partial charge in [-0.1, -0.05) is 104 Å². The lowest BCUT2D eigenvalue weighted by atomic mass is 10.1. The molecule has 1 aromatic heterocycles. The first kappa shape index (κ1) is 23.2. The number of para-hydroxylation sites is 2. The summed E-state index contributed by atoms with van der Waals surface area (Å²) in [6, 6.07) is 44.8. The monoisotopic (exact) mass is 490 g/mol. The van der Waals surface area contributed by atoms with Gasteiger partial charge in [0.05, 0.1) is 16.7 Å². The summed E-state index contributed by atoms with van der Waals surface area (Å²) in [7, 11) is 0. The predicted octanol–water partition coefficient (Wildman–Crippen LogP) is 7.61. The molecule has 0 aliphatic carbocycles. The van der Waals surface area contributed by atoms with Crippen LogP contribution < -0.4 is 5.73 Å². The maximum atomic E-state index is 6.53.